The second-order valence-electron chi connectivity index (χ2n) is 9.35. The molecule has 1 atom stereocenters. The van der Waals surface area contributed by atoms with Crippen LogP contribution in [0.1, 0.15) is 21.9 Å². The number of piperazine rings is 1. The van der Waals surface area contributed by atoms with Crippen LogP contribution in [0, 0.1) is 0 Å². The van der Waals surface area contributed by atoms with Crippen LogP contribution < -0.4 is 24.3 Å². The summed E-state index contributed by atoms with van der Waals surface area (Å²) in [5.74, 6) is 3.55. The zero-order chi connectivity index (χ0) is 25.6. The van der Waals surface area contributed by atoms with Crippen LogP contribution in [0.3, 0.4) is 0 Å². The van der Waals surface area contributed by atoms with Gasteiger partial charge in [-0.1, -0.05) is 12.1 Å². The normalized spacial score (nSPS) is 17.8. The molecule has 2 aliphatic heterocycles. The highest BCUT2D eigenvalue weighted by atomic mass is 16.6. The summed E-state index contributed by atoms with van der Waals surface area (Å²) < 4.78 is 28.8. The van der Waals surface area contributed by atoms with Crippen molar-refractivity contribution in [1.29, 1.82) is 0 Å². The molecular weight excluding hydrogens is 474 g/mol. The topological polar surface area (TPSA) is 85.6 Å². The highest BCUT2D eigenvalue weighted by Crippen LogP contribution is 2.35. The maximum absolute atomic E-state index is 12.6. The molecule has 0 radical (unpaired) electrons. The summed E-state index contributed by atoms with van der Waals surface area (Å²) in [5.41, 5.74) is 1.03. The monoisotopic (exact) mass is 507 g/mol. The summed E-state index contributed by atoms with van der Waals surface area (Å²) >= 11 is 0. The molecule has 1 saturated heterocycles. The SMILES string of the molecule is COc1ccc(COc2ccc3c(c2)O[C@H](CNC(=O)c2ccc(CN4CCN(C)CC4)o2)CO3)cc1. The predicted octanol–water partition coefficient (Wildman–Crippen LogP) is 3.18. The Morgan fingerprint density at radius 2 is 1.78 bits per heavy atom. The molecule has 196 valence electrons. The third kappa shape index (κ3) is 6.55. The van der Waals surface area contributed by atoms with E-state index in [2.05, 4.69) is 22.2 Å². The van der Waals surface area contributed by atoms with Crippen LogP contribution in [-0.2, 0) is 13.2 Å². The zero-order valence-corrected chi connectivity index (χ0v) is 21.3. The molecule has 3 aromatic rings. The van der Waals surface area contributed by atoms with E-state index in [9.17, 15) is 4.79 Å². The van der Waals surface area contributed by atoms with Gasteiger partial charge in [0.2, 0.25) is 0 Å². The van der Waals surface area contributed by atoms with E-state index < -0.39 is 0 Å². The van der Waals surface area contributed by atoms with E-state index in [1.165, 1.54) is 0 Å². The Hall–Kier alpha value is -3.69. The van der Waals surface area contributed by atoms with Crippen LogP contribution in [0.4, 0.5) is 0 Å². The molecule has 3 heterocycles. The molecular formula is C28H33N3O6. The maximum Gasteiger partial charge on any atom is 0.287 e. The van der Waals surface area contributed by atoms with Crippen LogP contribution in [0.15, 0.2) is 59.0 Å². The fourth-order valence-corrected chi connectivity index (χ4v) is 4.28. The Balaban J connectivity index is 1.10. The van der Waals surface area contributed by atoms with Crippen molar-refractivity contribution in [1.82, 2.24) is 15.1 Å². The highest BCUT2D eigenvalue weighted by Gasteiger charge is 2.23. The Kier molecular flexibility index (Phi) is 7.82. The smallest absolute Gasteiger partial charge is 0.287 e. The molecule has 1 N–H and O–H groups in total. The maximum atomic E-state index is 12.6. The second-order valence-corrected chi connectivity index (χ2v) is 9.35. The van der Waals surface area contributed by atoms with Crippen LogP contribution in [-0.4, -0.2) is 75.3 Å². The van der Waals surface area contributed by atoms with Crippen LogP contribution >= 0.6 is 0 Å². The van der Waals surface area contributed by atoms with Crippen LogP contribution in [0.5, 0.6) is 23.0 Å². The van der Waals surface area contributed by atoms with Crippen molar-refractivity contribution in [2.45, 2.75) is 19.3 Å². The Morgan fingerprint density at radius 3 is 2.57 bits per heavy atom. The van der Waals surface area contributed by atoms with Crippen molar-refractivity contribution in [3.8, 4) is 23.0 Å². The quantitative estimate of drug-likeness (QED) is 0.473. The van der Waals surface area contributed by atoms with E-state index >= 15 is 0 Å². The lowest BCUT2D eigenvalue weighted by Gasteiger charge is -2.31. The average molecular weight is 508 g/mol. The molecule has 0 saturated carbocycles. The number of carbonyl (C=O) groups is 1. The molecule has 0 unspecified atom stereocenters. The van der Waals surface area contributed by atoms with Gasteiger partial charge in [0.25, 0.3) is 5.91 Å². The molecule has 1 fully saturated rings. The lowest BCUT2D eigenvalue weighted by atomic mass is 10.2. The molecule has 1 amide bonds. The van der Waals surface area contributed by atoms with Crippen molar-refractivity contribution in [2.24, 2.45) is 0 Å². The number of amides is 1. The molecule has 0 spiro atoms. The number of methoxy groups -OCH3 is 1. The lowest BCUT2D eigenvalue weighted by Crippen LogP contribution is -2.43. The first-order chi connectivity index (χ1) is 18.1. The van der Waals surface area contributed by atoms with E-state index in [4.69, 9.17) is 23.4 Å². The molecule has 37 heavy (non-hydrogen) atoms. The largest absolute Gasteiger partial charge is 0.497 e. The Morgan fingerprint density at radius 1 is 1.00 bits per heavy atom. The molecule has 2 aliphatic rings. The van der Waals surface area contributed by atoms with Crippen molar-refractivity contribution < 1.29 is 28.2 Å². The van der Waals surface area contributed by atoms with Gasteiger partial charge in [0.1, 0.15) is 36.6 Å². The lowest BCUT2D eigenvalue weighted by molar-refractivity contribution is 0.0767. The highest BCUT2D eigenvalue weighted by molar-refractivity contribution is 5.91. The molecule has 0 aliphatic carbocycles. The second kappa shape index (κ2) is 11.6. The summed E-state index contributed by atoms with van der Waals surface area (Å²) in [5, 5.41) is 2.89. The number of nitrogens with zero attached hydrogens (tertiary/aromatic N) is 2. The van der Waals surface area contributed by atoms with Gasteiger partial charge in [0, 0.05) is 32.2 Å². The number of carbonyl (C=O) groups excluding carboxylic acids is 1. The summed E-state index contributed by atoms with van der Waals surface area (Å²) in [7, 11) is 3.77. The minimum atomic E-state index is -0.326. The van der Waals surface area contributed by atoms with Gasteiger partial charge in [0.05, 0.1) is 20.2 Å². The van der Waals surface area contributed by atoms with E-state index in [-0.39, 0.29) is 12.0 Å². The van der Waals surface area contributed by atoms with Crippen LogP contribution in [0.25, 0.3) is 0 Å². The number of fused-ring (bicyclic) bond motifs is 1. The van der Waals surface area contributed by atoms with E-state index in [0.717, 1.165) is 43.3 Å². The minimum Gasteiger partial charge on any atom is -0.497 e. The van der Waals surface area contributed by atoms with Gasteiger partial charge in [-0.25, -0.2) is 0 Å². The number of likely N-dealkylation sites (N-methyl/N-ethyl adjacent to an activating group) is 1. The fourth-order valence-electron chi connectivity index (χ4n) is 4.28. The molecule has 9 nitrogen and oxygen atoms in total. The molecule has 9 heteroatoms. The van der Waals surface area contributed by atoms with Crippen molar-refractivity contribution in [3.05, 3.63) is 71.7 Å². The van der Waals surface area contributed by atoms with Gasteiger partial charge in [-0.15, -0.1) is 0 Å². The zero-order valence-electron chi connectivity index (χ0n) is 21.3. The summed E-state index contributed by atoms with van der Waals surface area (Å²) in [6.45, 7) is 5.83. The predicted molar refractivity (Wildman–Crippen MR) is 137 cm³/mol. The van der Waals surface area contributed by atoms with Crippen molar-refractivity contribution in [3.63, 3.8) is 0 Å². The first kappa shape index (κ1) is 25.0. The first-order valence-corrected chi connectivity index (χ1v) is 12.5. The number of furan rings is 1. The van der Waals surface area contributed by atoms with E-state index in [1.54, 1.807) is 13.2 Å². The number of rotatable bonds is 9. The van der Waals surface area contributed by atoms with Gasteiger partial charge < -0.3 is 33.6 Å². The van der Waals surface area contributed by atoms with Crippen molar-refractivity contribution >= 4 is 5.91 Å². The van der Waals surface area contributed by atoms with Gasteiger partial charge in [-0.05, 0) is 49.0 Å². The number of ether oxygens (including phenoxy) is 4. The van der Waals surface area contributed by atoms with Crippen LogP contribution in [0.2, 0.25) is 0 Å². The number of hydrogen-bond acceptors (Lipinski definition) is 8. The summed E-state index contributed by atoms with van der Waals surface area (Å²) in [6.07, 6.45) is -0.326. The average Bonchev–Trinajstić information content (AvgIpc) is 3.40. The van der Waals surface area contributed by atoms with Gasteiger partial charge in [-0.2, -0.15) is 0 Å². The fraction of sp³-hybridized carbons (Fsp3) is 0.393. The first-order valence-electron chi connectivity index (χ1n) is 12.5. The number of hydrogen-bond donors (Lipinski definition) is 1. The molecule has 2 aromatic carbocycles. The minimum absolute atomic E-state index is 0.268. The van der Waals surface area contributed by atoms with Gasteiger partial charge >= 0.3 is 0 Å². The molecule has 1 aromatic heterocycles. The standard InChI is InChI=1S/C28H33N3O6/c1-30-11-13-31(14-12-30)17-23-8-10-26(36-23)28(32)29-16-24-19-35-25-9-7-22(15-27(25)37-24)34-18-20-3-5-21(33-2)6-4-20/h3-10,15,24H,11-14,16-19H2,1-2H3,(H,29,32)/t24-/m1/s1. The summed E-state index contributed by atoms with van der Waals surface area (Å²) in [4.78, 5) is 17.3. The molecule has 5 rings (SSSR count). The van der Waals surface area contributed by atoms with E-state index in [1.807, 2.05) is 48.5 Å². The number of benzene rings is 2. The Bertz CT molecular complexity index is 1190. The number of nitrogens with one attached hydrogen (secondary N) is 1. The van der Waals surface area contributed by atoms with Gasteiger partial charge in [0.15, 0.2) is 17.3 Å². The Labute approximate surface area is 216 Å². The third-order valence-electron chi connectivity index (χ3n) is 6.55. The third-order valence-corrected chi connectivity index (χ3v) is 6.55. The summed E-state index contributed by atoms with van der Waals surface area (Å²) in [6, 6.07) is 16.8. The molecule has 0 bridgehead atoms. The van der Waals surface area contributed by atoms with Crippen molar-refractivity contribution in [2.75, 3.05) is 53.5 Å². The van der Waals surface area contributed by atoms with Gasteiger partial charge in [-0.3, -0.25) is 9.69 Å². The van der Waals surface area contributed by atoms with E-state index in [0.29, 0.717) is 49.3 Å².